The lowest BCUT2D eigenvalue weighted by atomic mass is 9.99. The Hall–Kier alpha value is -3.65. The Labute approximate surface area is 206 Å². The van der Waals surface area contributed by atoms with E-state index in [1.807, 2.05) is 36.9 Å². The number of esters is 1. The number of methoxy groups -OCH3 is 1. The van der Waals surface area contributed by atoms with Crippen LogP contribution in [0.25, 0.3) is 22.3 Å². The number of carbonyl (C=O) groups excluding carboxylic acids is 1. The summed E-state index contributed by atoms with van der Waals surface area (Å²) in [5.74, 6) is -0.0940. The molecule has 4 aromatic rings. The number of nitrogens with one attached hydrogen (secondary N) is 1. The number of hydrogen-bond donors (Lipinski definition) is 1. The van der Waals surface area contributed by atoms with Gasteiger partial charge >= 0.3 is 5.97 Å². The van der Waals surface area contributed by atoms with Crippen molar-refractivity contribution in [1.29, 1.82) is 0 Å². The summed E-state index contributed by atoms with van der Waals surface area (Å²) < 4.78 is 13.2. The van der Waals surface area contributed by atoms with Crippen LogP contribution in [0.2, 0.25) is 5.15 Å². The Balaban J connectivity index is 1.61. The number of carbonyl (C=O) groups is 1. The number of benzene rings is 1. The van der Waals surface area contributed by atoms with E-state index in [2.05, 4.69) is 15.4 Å². The minimum atomic E-state index is -0.603. The largest absolute Gasteiger partial charge is 0.464 e. The summed E-state index contributed by atoms with van der Waals surface area (Å²) >= 11 is 6.00. The molecule has 8 nitrogen and oxygen atoms in total. The molecule has 1 N–H and O–H groups in total. The number of pyridine rings is 1. The lowest BCUT2D eigenvalue weighted by Gasteiger charge is -2.19. The third-order valence-corrected chi connectivity index (χ3v) is 6.47. The second-order valence-corrected chi connectivity index (χ2v) is 9.33. The normalized spacial score (nSPS) is 14.2. The molecule has 0 saturated heterocycles. The molecule has 1 aromatic carbocycles. The van der Waals surface area contributed by atoms with E-state index in [1.165, 1.54) is 7.11 Å². The average molecular weight is 493 g/mol. The Morgan fingerprint density at radius 1 is 1.29 bits per heavy atom. The van der Waals surface area contributed by atoms with Crippen LogP contribution >= 0.6 is 11.6 Å². The summed E-state index contributed by atoms with van der Waals surface area (Å²) in [6.45, 7) is 5.64. The molecule has 1 aliphatic carbocycles. The van der Waals surface area contributed by atoms with Crippen molar-refractivity contribution in [2.75, 3.05) is 12.4 Å². The second-order valence-electron chi connectivity index (χ2n) is 8.94. The molecule has 0 spiro atoms. The Kier molecular flexibility index (Phi) is 5.84. The van der Waals surface area contributed by atoms with Gasteiger partial charge in [-0.2, -0.15) is 5.10 Å². The highest BCUT2D eigenvalue weighted by Gasteiger charge is 2.26. The summed E-state index contributed by atoms with van der Waals surface area (Å²) in [6, 6.07) is 7.17. The van der Waals surface area contributed by atoms with Crippen LogP contribution in [0.5, 0.6) is 0 Å². The number of aromatic nitrogens is 3. The first-order valence-electron chi connectivity index (χ1n) is 11.4. The zero-order valence-corrected chi connectivity index (χ0v) is 20.6. The molecule has 3 heterocycles. The van der Waals surface area contributed by atoms with E-state index in [1.54, 1.807) is 25.3 Å². The fourth-order valence-corrected chi connectivity index (χ4v) is 4.42. The Morgan fingerprint density at radius 3 is 2.77 bits per heavy atom. The molecular weight excluding hydrogens is 468 g/mol. The molecule has 0 aliphatic heterocycles. The lowest BCUT2D eigenvalue weighted by molar-refractivity contribution is 0.0595. The van der Waals surface area contributed by atoms with Crippen molar-refractivity contribution < 1.29 is 13.9 Å². The molecule has 0 bridgehead atoms. The van der Waals surface area contributed by atoms with Gasteiger partial charge in [-0.1, -0.05) is 17.7 Å². The van der Waals surface area contributed by atoms with Gasteiger partial charge in [0.15, 0.2) is 11.1 Å². The first kappa shape index (κ1) is 23.1. The predicted octanol–water partition coefficient (Wildman–Crippen LogP) is 5.62. The third kappa shape index (κ3) is 4.30. The van der Waals surface area contributed by atoms with Gasteiger partial charge in [0.1, 0.15) is 16.5 Å². The molecule has 0 amide bonds. The van der Waals surface area contributed by atoms with E-state index < -0.39 is 5.97 Å². The van der Waals surface area contributed by atoms with E-state index in [9.17, 15) is 9.59 Å². The van der Waals surface area contributed by atoms with Crippen molar-refractivity contribution in [2.24, 2.45) is 0 Å². The maximum Gasteiger partial charge on any atom is 0.358 e. The van der Waals surface area contributed by atoms with E-state index in [0.29, 0.717) is 34.0 Å². The van der Waals surface area contributed by atoms with Crippen molar-refractivity contribution >= 4 is 34.2 Å². The second kappa shape index (κ2) is 8.85. The molecule has 1 aliphatic rings. The molecular formula is C26H25ClN4O4. The van der Waals surface area contributed by atoms with Crippen LogP contribution in [-0.2, 0) is 4.74 Å². The summed E-state index contributed by atoms with van der Waals surface area (Å²) in [6.07, 6.45) is 5.91. The molecule has 3 aromatic heterocycles. The van der Waals surface area contributed by atoms with Crippen molar-refractivity contribution in [1.82, 2.24) is 14.8 Å². The molecule has 180 valence electrons. The number of halogens is 1. The zero-order chi connectivity index (χ0) is 24.9. The number of rotatable bonds is 6. The Bertz CT molecular complexity index is 1520. The predicted molar refractivity (Wildman–Crippen MR) is 134 cm³/mol. The minimum Gasteiger partial charge on any atom is -0.464 e. The highest BCUT2D eigenvalue weighted by Crippen LogP contribution is 2.37. The van der Waals surface area contributed by atoms with Gasteiger partial charge in [0.2, 0.25) is 0 Å². The van der Waals surface area contributed by atoms with Crippen LogP contribution in [0.15, 0.2) is 45.9 Å². The van der Waals surface area contributed by atoms with Crippen molar-refractivity contribution in [3.63, 3.8) is 0 Å². The fraction of sp³-hybridized carbons (Fsp3) is 0.308. The smallest absolute Gasteiger partial charge is 0.358 e. The summed E-state index contributed by atoms with van der Waals surface area (Å²) in [5.41, 5.74) is 3.96. The zero-order valence-electron chi connectivity index (χ0n) is 19.9. The van der Waals surface area contributed by atoms with Crippen molar-refractivity contribution in [3.8, 4) is 11.3 Å². The van der Waals surface area contributed by atoms with E-state index in [-0.39, 0.29) is 22.3 Å². The number of anilines is 1. The molecule has 1 saturated carbocycles. The Morgan fingerprint density at radius 2 is 2.06 bits per heavy atom. The van der Waals surface area contributed by atoms with Gasteiger partial charge in [-0.15, -0.1) is 0 Å². The van der Waals surface area contributed by atoms with Crippen LogP contribution in [-0.4, -0.2) is 27.8 Å². The first-order chi connectivity index (χ1) is 16.8. The van der Waals surface area contributed by atoms with Gasteiger partial charge in [-0.3, -0.25) is 9.48 Å². The van der Waals surface area contributed by atoms with Gasteiger partial charge < -0.3 is 14.5 Å². The maximum absolute atomic E-state index is 13.4. The molecule has 35 heavy (non-hydrogen) atoms. The quantitative estimate of drug-likeness (QED) is 0.275. The summed E-state index contributed by atoms with van der Waals surface area (Å²) in [7, 11) is 1.29. The number of ether oxygens (including phenoxy) is 1. The fourth-order valence-electron chi connectivity index (χ4n) is 4.27. The number of aryl methyl sites for hydroxylation is 1. The molecule has 1 atom stereocenters. The van der Waals surface area contributed by atoms with Crippen LogP contribution in [0.3, 0.4) is 0 Å². The molecule has 5 rings (SSSR count). The van der Waals surface area contributed by atoms with Gasteiger partial charge in [0.25, 0.3) is 0 Å². The van der Waals surface area contributed by atoms with Gasteiger partial charge in [0.05, 0.1) is 42.0 Å². The average Bonchev–Trinajstić information content (AvgIpc) is 3.58. The monoisotopic (exact) mass is 492 g/mol. The van der Waals surface area contributed by atoms with Crippen LogP contribution < -0.4 is 10.7 Å². The molecule has 0 unspecified atom stereocenters. The molecule has 1 fully saturated rings. The summed E-state index contributed by atoms with van der Waals surface area (Å²) in [5, 5.41) is 8.45. The topological polar surface area (TPSA) is 99.2 Å². The lowest BCUT2D eigenvalue weighted by Crippen LogP contribution is -2.15. The first-order valence-corrected chi connectivity index (χ1v) is 11.8. The number of fused-ring (bicyclic) bond motifs is 1. The number of nitrogens with zero attached hydrogens (tertiary/aromatic N) is 3. The van der Waals surface area contributed by atoms with Gasteiger partial charge in [-0.25, -0.2) is 9.78 Å². The van der Waals surface area contributed by atoms with Crippen molar-refractivity contribution in [2.45, 2.75) is 45.7 Å². The van der Waals surface area contributed by atoms with Crippen LogP contribution in [0, 0.1) is 13.8 Å². The molecule has 9 heteroatoms. The van der Waals surface area contributed by atoms with Gasteiger partial charge in [-0.05, 0) is 57.4 Å². The maximum atomic E-state index is 13.4. The van der Waals surface area contributed by atoms with Crippen molar-refractivity contribution in [3.05, 3.63) is 74.4 Å². The van der Waals surface area contributed by atoms with E-state index in [4.69, 9.17) is 20.8 Å². The highest BCUT2D eigenvalue weighted by atomic mass is 35.5. The van der Waals surface area contributed by atoms with E-state index >= 15 is 0 Å². The third-order valence-electron chi connectivity index (χ3n) is 6.26. The standard InChI is InChI=1S/C26H25ClN4O4/c1-13-9-18(15(3)29-20-7-8-21(27)30-22(20)26(33)34-4)25-19(10-13)23(32)14(2)24(35-25)16-11-28-31(12-16)17-5-6-17/h7-12,15,17,29H,5-6H2,1-4H3/t15-/m1/s1. The summed E-state index contributed by atoms with van der Waals surface area (Å²) in [4.78, 5) is 29.8. The SMILES string of the molecule is COC(=O)c1nc(Cl)ccc1N[C@H](C)c1cc(C)cc2c(=O)c(C)c(-c3cnn(C4CC4)c3)oc12. The van der Waals surface area contributed by atoms with Gasteiger partial charge in [0, 0.05) is 17.3 Å². The highest BCUT2D eigenvalue weighted by molar-refractivity contribution is 6.29. The number of hydrogen-bond acceptors (Lipinski definition) is 7. The molecule has 0 radical (unpaired) electrons. The van der Waals surface area contributed by atoms with E-state index in [0.717, 1.165) is 29.5 Å². The van der Waals surface area contributed by atoms with Crippen LogP contribution in [0.1, 0.15) is 59.0 Å². The van der Waals surface area contributed by atoms with Crippen LogP contribution in [0.4, 0.5) is 5.69 Å². The minimum absolute atomic E-state index is 0.0780.